The van der Waals surface area contributed by atoms with Crippen molar-refractivity contribution in [3.05, 3.63) is 40.4 Å². The molecule has 3 aromatic rings. The number of hydrogen-bond acceptors (Lipinski definition) is 5. The van der Waals surface area contributed by atoms with Crippen LogP contribution in [0.25, 0.3) is 11.9 Å². The van der Waals surface area contributed by atoms with Gasteiger partial charge in [-0.05, 0) is 25.4 Å². The maximum absolute atomic E-state index is 6.12. The minimum atomic E-state index is 0.0716. The molecule has 0 aliphatic rings. The van der Waals surface area contributed by atoms with Crippen molar-refractivity contribution in [1.82, 2.24) is 34.3 Å². The predicted octanol–water partition coefficient (Wildman–Crippen LogP) is 2.17. The van der Waals surface area contributed by atoms with Gasteiger partial charge in [-0.3, -0.25) is 4.57 Å². The summed E-state index contributed by atoms with van der Waals surface area (Å²) in [6.45, 7) is 3.64. The lowest BCUT2D eigenvalue weighted by molar-refractivity contribution is 0.749. The second-order valence-electron chi connectivity index (χ2n) is 4.07. The van der Waals surface area contributed by atoms with Crippen LogP contribution in [0.1, 0.15) is 11.4 Å². The van der Waals surface area contributed by atoms with Crippen LogP contribution in [-0.2, 0) is 0 Å². The Morgan fingerprint density at radius 2 is 1.80 bits per heavy atom. The van der Waals surface area contributed by atoms with Gasteiger partial charge in [0.05, 0.1) is 16.4 Å². The molecular formula is C11H9Cl2N7. The zero-order valence-electron chi connectivity index (χ0n) is 10.6. The molecule has 0 fully saturated rings. The fourth-order valence-electron chi connectivity index (χ4n) is 1.74. The third-order valence-corrected chi connectivity index (χ3v) is 3.43. The van der Waals surface area contributed by atoms with Crippen LogP contribution in [0, 0.1) is 13.8 Å². The minimum Gasteiger partial charge on any atom is -0.274 e. The first kappa shape index (κ1) is 13.0. The highest BCUT2D eigenvalue weighted by Gasteiger charge is 2.15. The van der Waals surface area contributed by atoms with E-state index in [0.29, 0.717) is 22.6 Å². The van der Waals surface area contributed by atoms with E-state index in [0.717, 1.165) is 5.69 Å². The number of imidazole rings is 1. The van der Waals surface area contributed by atoms with Gasteiger partial charge in [-0.15, -0.1) is 0 Å². The van der Waals surface area contributed by atoms with Crippen molar-refractivity contribution < 1.29 is 0 Å². The molecule has 20 heavy (non-hydrogen) atoms. The topological polar surface area (TPSA) is 74.3 Å². The normalized spacial score (nSPS) is 11.0. The molecule has 0 aliphatic carbocycles. The number of nitrogens with zero attached hydrogens (tertiary/aromatic N) is 7. The molecule has 0 radical (unpaired) electrons. The van der Waals surface area contributed by atoms with E-state index in [-0.39, 0.29) is 5.28 Å². The summed E-state index contributed by atoms with van der Waals surface area (Å²) in [6.07, 6.45) is 4.91. The maximum atomic E-state index is 6.12. The van der Waals surface area contributed by atoms with Gasteiger partial charge in [-0.1, -0.05) is 11.6 Å². The molecule has 0 bridgehead atoms. The second kappa shape index (κ2) is 4.84. The molecule has 0 atom stereocenters. The molecule has 0 saturated carbocycles. The smallest absolute Gasteiger partial charge is 0.256 e. The molecule has 0 amide bonds. The fourth-order valence-corrected chi connectivity index (χ4v) is 2.00. The number of aromatic nitrogens is 7. The van der Waals surface area contributed by atoms with Gasteiger partial charge in [0.2, 0.25) is 11.2 Å². The molecule has 3 heterocycles. The molecule has 0 aliphatic heterocycles. The monoisotopic (exact) mass is 309 g/mol. The van der Waals surface area contributed by atoms with E-state index in [1.807, 2.05) is 13.8 Å². The summed E-state index contributed by atoms with van der Waals surface area (Å²) in [5.74, 6) is 0.669. The zero-order valence-corrected chi connectivity index (χ0v) is 12.1. The van der Waals surface area contributed by atoms with E-state index in [1.165, 1.54) is 4.68 Å². The Balaban J connectivity index is 2.17. The Morgan fingerprint density at radius 3 is 2.40 bits per heavy atom. The number of hydrogen-bond donors (Lipinski definition) is 0. The number of halogens is 2. The van der Waals surface area contributed by atoms with Crippen molar-refractivity contribution in [3.63, 3.8) is 0 Å². The molecule has 0 N–H and O–H groups in total. The fraction of sp³-hybridized carbons (Fsp3) is 0.182. The minimum absolute atomic E-state index is 0.0716. The van der Waals surface area contributed by atoms with Crippen molar-refractivity contribution in [3.8, 4) is 11.9 Å². The van der Waals surface area contributed by atoms with Gasteiger partial charge in [0.25, 0.3) is 5.95 Å². The summed E-state index contributed by atoms with van der Waals surface area (Å²) < 4.78 is 3.16. The summed E-state index contributed by atoms with van der Waals surface area (Å²) in [4.78, 5) is 16.4. The van der Waals surface area contributed by atoms with Crippen LogP contribution in [0.15, 0.2) is 18.7 Å². The number of aryl methyl sites for hydroxylation is 1. The van der Waals surface area contributed by atoms with Crippen LogP contribution >= 0.6 is 23.2 Å². The summed E-state index contributed by atoms with van der Waals surface area (Å²) >= 11 is 12.1. The lowest BCUT2D eigenvalue weighted by Gasteiger charge is -2.05. The first-order valence-corrected chi connectivity index (χ1v) is 6.44. The quantitative estimate of drug-likeness (QED) is 0.725. The molecule has 0 saturated heterocycles. The maximum Gasteiger partial charge on any atom is 0.256 e. The van der Waals surface area contributed by atoms with E-state index >= 15 is 0 Å². The van der Waals surface area contributed by atoms with Gasteiger partial charge in [0, 0.05) is 12.4 Å². The van der Waals surface area contributed by atoms with E-state index in [2.05, 4.69) is 25.0 Å². The van der Waals surface area contributed by atoms with Crippen molar-refractivity contribution in [2.24, 2.45) is 0 Å². The summed E-state index contributed by atoms with van der Waals surface area (Å²) in [5, 5.41) is 4.94. The largest absolute Gasteiger partial charge is 0.274 e. The predicted molar refractivity (Wildman–Crippen MR) is 73.6 cm³/mol. The lowest BCUT2D eigenvalue weighted by atomic mass is 10.4. The zero-order chi connectivity index (χ0) is 14.3. The Kier molecular flexibility index (Phi) is 3.15. The van der Waals surface area contributed by atoms with Crippen molar-refractivity contribution in [1.29, 1.82) is 0 Å². The van der Waals surface area contributed by atoms with Gasteiger partial charge in [-0.2, -0.15) is 20.1 Å². The molecule has 0 unspecified atom stereocenters. The molecule has 102 valence electrons. The van der Waals surface area contributed by atoms with E-state index in [4.69, 9.17) is 23.2 Å². The van der Waals surface area contributed by atoms with Crippen molar-refractivity contribution in [2.75, 3.05) is 0 Å². The number of rotatable bonds is 2. The highest BCUT2D eigenvalue weighted by atomic mass is 35.5. The Bertz CT molecular complexity index is 763. The highest BCUT2D eigenvalue weighted by molar-refractivity contribution is 6.31. The molecule has 7 nitrogen and oxygen atoms in total. The third kappa shape index (κ3) is 2.14. The standard InChI is InChI=1S/C11H9Cl2N7/c1-6-8(12)7(2)20(18-6)11-16-9(13)15-10(17-11)19-4-3-14-5-19/h3-5H,1-2H3. The highest BCUT2D eigenvalue weighted by Crippen LogP contribution is 2.21. The molecule has 0 aromatic carbocycles. The van der Waals surface area contributed by atoms with Crippen LogP contribution in [0.4, 0.5) is 0 Å². The van der Waals surface area contributed by atoms with Crippen LogP contribution in [0.5, 0.6) is 0 Å². The second-order valence-corrected chi connectivity index (χ2v) is 4.79. The first-order valence-electron chi connectivity index (χ1n) is 5.68. The Hall–Kier alpha value is -1.99. The Labute approximate surface area is 124 Å². The SMILES string of the molecule is Cc1nn(-c2nc(Cl)nc(-n3ccnc3)n2)c(C)c1Cl. The van der Waals surface area contributed by atoms with Crippen LogP contribution in [0.3, 0.4) is 0 Å². The molecular weight excluding hydrogens is 301 g/mol. The van der Waals surface area contributed by atoms with Crippen LogP contribution < -0.4 is 0 Å². The van der Waals surface area contributed by atoms with Crippen LogP contribution in [-0.4, -0.2) is 34.3 Å². The van der Waals surface area contributed by atoms with Gasteiger partial charge >= 0.3 is 0 Å². The molecule has 3 aromatic heterocycles. The van der Waals surface area contributed by atoms with E-state index in [9.17, 15) is 0 Å². The molecule has 9 heteroatoms. The third-order valence-electron chi connectivity index (χ3n) is 2.71. The van der Waals surface area contributed by atoms with Gasteiger partial charge in [0.1, 0.15) is 6.33 Å². The summed E-state index contributed by atoms with van der Waals surface area (Å²) in [6, 6.07) is 0. The van der Waals surface area contributed by atoms with E-state index < -0.39 is 0 Å². The molecule has 0 spiro atoms. The molecule has 3 rings (SSSR count). The van der Waals surface area contributed by atoms with Gasteiger partial charge in [0.15, 0.2) is 0 Å². The average Bonchev–Trinajstić information content (AvgIpc) is 3.03. The Morgan fingerprint density at radius 1 is 1.05 bits per heavy atom. The van der Waals surface area contributed by atoms with Crippen molar-refractivity contribution >= 4 is 23.2 Å². The summed E-state index contributed by atoms with van der Waals surface area (Å²) in [5.41, 5.74) is 1.44. The van der Waals surface area contributed by atoms with Gasteiger partial charge < -0.3 is 0 Å². The lowest BCUT2D eigenvalue weighted by Crippen LogP contribution is -2.10. The summed E-state index contributed by atoms with van der Waals surface area (Å²) in [7, 11) is 0. The first-order chi connectivity index (χ1) is 9.56. The van der Waals surface area contributed by atoms with Gasteiger partial charge in [-0.25, -0.2) is 9.67 Å². The van der Waals surface area contributed by atoms with E-state index in [1.54, 1.807) is 23.3 Å². The van der Waals surface area contributed by atoms with Crippen molar-refractivity contribution in [2.45, 2.75) is 13.8 Å². The van der Waals surface area contributed by atoms with Crippen LogP contribution in [0.2, 0.25) is 10.3 Å². The average molecular weight is 310 g/mol.